The molecule has 0 aromatic rings. The maximum Gasteiger partial charge on any atom is 0.305 e. The van der Waals surface area contributed by atoms with Crippen LogP contribution in [-0.2, 0) is 9.59 Å². The van der Waals surface area contributed by atoms with Crippen LogP contribution >= 0.6 is 0 Å². The molecule has 0 rings (SSSR count). The van der Waals surface area contributed by atoms with Gasteiger partial charge in [-0.05, 0) is 12.3 Å². The van der Waals surface area contributed by atoms with Gasteiger partial charge in [-0.2, -0.15) is 0 Å². The molecule has 0 saturated heterocycles. The lowest BCUT2D eigenvalue weighted by Gasteiger charge is -2.22. The number of aliphatic carboxylic acids is 1. The molecule has 0 aromatic carbocycles. The molecule has 0 radical (unpaired) electrons. The topological polar surface area (TPSA) is 92.4 Å². The van der Waals surface area contributed by atoms with Crippen molar-refractivity contribution in [1.82, 2.24) is 5.32 Å². The molecule has 0 aliphatic carbocycles. The van der Waals surface area contributed by atoms with E-state index in [9.17, 15) is 9.59 Å². The van der Waals surface area contributed by atoms with Crippen molar-refractivity contribution in [2.75, 3.05) is 0 Å². The highest BCUT2D eigenvalue weighted by Gasteiger charge is 2.21. The smallest absolute Gasteiger partial charge is 0.305 e. The molecule has 1 unspecified atom stereocenters. The van der Waals surface area contributed by atoms with Crippen molar-refractivity contribution in [3.63, 3.8) is 0 Å². The number of nitrogens with two attached hydrogens (primary N) is 1. The van der Waals surface area contributed by atoms with E-state index in [-0.39, 0.29) is 24.3 Å². The highest BCUT2D eigenvalue weighted by atomic mass is 16.4. The third kappa shape index (κ3) is 5.37. The van der Waals surface area contributed by atoms with Gasteiger partial charge in [0.2, 0.25) is 5.91 Å². The second-order valence-electron chi connectivity index (χ2n) is 3.97. The summed E-state index contributed by atoms with van der Waals surface area (Å²) in [7, 11) is 0. The fourth-order valence-corrected chi connectivity index (χ4v) is 1.12. The number of carboxylic acids is 1. The van der Waals surface area contributed by atoms with Crippen LogP contribution in [0.4, 0.5) is 0 Å². The number of carbonyl (C=O) groups is 2. The molecule has 5 heteroatoms. The standard InChI is InChI=1S/C10H20N2O3/c1-4-7(11)10(15)12-8(6(2)3)5-9(13)14/h6-8H,4-5,11H2,1-3H3,(H,12,15)(H,13,14)/t7-,8?/m0/s1. The van der Waals surface area contributed by atoms with Gasteiger partial charge in [0, 0.05) is 6.04 Å². The Bertz CT molecular complexity index is 229. The van der Waals surface area contributed by atoms with Crippen molar-refractivity contribution in [2.24, 2.45) is 11.7 Å². The molecule has 5 nitrogen and oxygen atoms in total. The van der Waals surface area contributed by atoms with Crippen LogP contribution in [0.3, 0.4) is 0 Å². The van der Waals surface area contributed by atoms with Gasteiger partial charge in [0.15, 0.2) is 0 Å². The quantitative estimate of drug-likeness (QED) is 0.597. The van der Waals surface area contributed by atoms with Crippen molar-refractivity contribution < 1.29 is 14.7 Å². The van der Waals surface area contributed by atoms with E-state index < -0.39 is 12.0 Å². The Balaban J connectivity index is 4.28. The first-order valence-electron chi connectivity index (χ1n) is 5.16. The summed E-state index contributed by atoms with van der Waals surface area (Å²) in [5.41, 5.74) is 5.54. The number of amides is 1. The van der Waals surface area contributed by atoms with E-state index in [1.54, 1.807) is 0 Å². The first-order chi connectivity index (χ1) is 6.88. The molecule has 0 aromatic heterocycles. The van der Waals surface area contributed by atoms with Gasteiger partial charge in [-0.15, -0.1) is 0 Å². The zero-order chi connectivity index (χ0) is 12.0. The third-order valence-corrected chi connectivity index (χ3v) is 2.30. The lowest BCUT2D eigenvalue weighted by atomic mass is 10.0. The van der Waals surface area contributed by atoms with Gasteiger partial charge < -0.3 is 16.2 Å². The van der Waals surface area contributed by atoms with Crippen LogP contribution in [0.25, 0.3) is 0 Å². The fourth-order valence-electron chi connectivity index (χ4n) is 1.12. The number of carbonyl (C=O) groups excluding carboxylic acids is 1. The Kier molecular flexibility index (Phi) is 5.93. The molecular formula is C10H20N2O3. The summed E-state index contributed by atoms with van der Waals surface area (Å²) in [4.78, 5) is 22.0. The summed E-state index contributed by atoms with van der Waals surface area (Å²) >= 11 is 0. The van der Waals surface area contributed by atoms with E-state index in [0.29, 0.717) is 6.42 Å². The maximum atomic E-state index is 11.4. The number of rotatable bonds is 6. The van der Waals surface area contributed by atoms with E-state index >= 15 is 0 Å². The number of hydrogen-bond donors (Lipinski definition) is 3. The summed E-state index contributed by atoms with van der Waals surface area (Å²) in [6, 6.07) is -0.910. The average Bonchev–Trinajstić information content (AvgIpc) is 2.14. The Morgan fingerprint density at radius 3 is 2.27 bits per heavy atom. The molecule has 0 saturated carbocycles. The second-order valence-corrected chi connectivity index (χ2v) is 3.97. The van der Waals surface area contributed by atoms with Crippen LogP contribution in [0.1, 0.15) is 33.6 Å². The van der Waals surface area contributed by atoms with Gasteiger partial charge in [-0.3, -0.25) is 9.59 Å². The molecule has 0 bridgehead atoms. The van der Waals surface area contributed by atoms with E-state index in [2.05, 4.69) is 5.32 Å². The normalized spacial score (nSPS) is 14.7. The first kappa shape index (κ1) is 13.9. The van der Waals surface area contributed by atoms with E-state index in [4.69, 9.17) is 10.8 Å². The fraction of sp³-hybridized carbons (Fsp3) is 0.800. The minimum absolute atomic E-state index is 0.0696. The third-order valence-electron chi connectivity index (χ3n) is 2.30. The van der Waals surface area contributed by atoms with E-state index in [1.165, 1.54) is 0 Å². The van der Waals surface area contributed by atoms with Crippen molar-refractivity contribution in [2.45, 2.75) is 45.7 Å². The Labute approximate surface area is 90.0 Å². The van der Waals surface area contributed by atoms with Crippen LogP contribution in [0.2, 0.25) is 0 Å². The summed E-state index contributed by atoms with van der Waals surface area (Å²) in [6.07, 6.45) is 0.476. The van der Waals surface area contributed by atoms with Crippen molar-refractivity contribution >= 4 is 11.9 Å². The van der Waals surface area contributed by atoms with Gasteiger partial charge >= 0.3 is 5.97 Å². The molecule has 0 aliphatic heterocycles. The van der Waals surface area contributed by atoms with Crippen molar-refractivity contribution in [3.05, 3.63) is 0 Å². The van der Waals surface area contributed by atoms with Crippen molar-refractivity contribution in [3.8, 4) is 0 Å². The lowest BCUT2D eigenvalue weighted by molar-refractivity contribution is -0.138. The summed E-state index contributed by atoms with van der Waals surface area (Å²) in [6.45, 7) is 5.54. The monoisotopic (exact) mass is 216 g/mol. The van der Waals surface area contributed by atoms with E-state index in [0.717, 1.165) is 0 Å². The SMILES string of the molecule is CC[C@H](N)C(=O)NC(CC(=O)O)C(C)C. The first-order valence-corrected chi connectivity index (χ1v) is 5.16. The predicted octanol–water partition coefficient (Wildman–Crippen LogP) is 0.339. The molecule has 0 spiro atoms. The minimum atomic E-state index is -0.918. The number of carboxylic acid groups (broad SMARTS) is 1. The predicted molar refractivity (Wildman–Crippen MR) is 57.3 cm³/mol. The zero-order valence-electron chi connectivity index (χ0n) is 9.49. The summed E-state index contributed by atoms with van der Waals surface area (Å²) in [5.74, 6) is -1.12. The molecule has 15 heavy (non-hydrogen) atoms. The maximum absolute atomic E-state index is 11.4. The second kappa shape index (κ2) is 6.40. The van der Waals surface area contributed by atoms with E-state index in [1.807, 2.05) is 20.8 Å². The lowest BCUT2D eigenvalue weighted by Crippen LogP contribution is -2.47. The largest absolute Gasteiger partial charge is 0.481 e. The van der Waals surface area contributed by atoms with Crippen LogP contribution in [0.15, 0.2) is 0 Å². The average molecular weight is 216 g/mol. The minimum Gasteiger partial charge on any atom is -0.481 e. The molecule has 88 valence electrons. The zero-order valence-corrected chi connectivity index (χ0v) is 9.49. The molecule has 0 heterocycles. The van der Waals surface area contributed by atoms with Crippen molar-refractivity contribution in [1.29, 1.82) is 0 Å². The van der Waals surface area contributed by atoms with Gasteiger partial charge in [0.05, 0.1) is 12.5 Å². The highest BCUT2D eigenvalue weighted by Crippen LogP contribution is 2.06. The number of hydrogen-bond acceptors (Lipinski definition) is 3. The molecule has 1 amide bonds. The highest BCUT2D eigenvalue weighted by molar-refractivity contribution is 5.82. The van der Waals surface area contributed by atoms with Gasteiger partial charge in [0.25, 0.3) is 0 Å². The van der Waals surface area contributed by atoms with Crippen LogP contribution in [0, 0.1) is 5.92 Å². The Morgan fingerprint density at radius 1 is 1.40 bits per heavy atom. The summed E-state index contributed by atoms with van der Waals surface area (Å²) in [5, 5.41) is 11.3. The Hall–Kier alpha value is -1.10. The Morgan fingerprint density at radius 2 is 1.93 bits per heavy atom. The molecule has 0 aliphatic rings. The molecule has 2 atom stereocenters. The van der Waals surface area contributed by atoms with Gasteiger partial charge in [-0.25, -0.2) is 0 Å². The van der Waals surface area contributed by atoms with Crippen LogP contribution < -0.4 is 11.1 Å². The van der Waals surface area contributed by atoms with Crippen LogP contribution in [0.5, 0.6) is 0 Å². The van der Waals surface area contributed by atoms with Crippen LogP contribution in [-0.4, -0.2) is 29.1 Å². The molecule has 4 N–H and O–H groups in total. The van der Waals surface area contributed by atoms with Gasteiger partial charge in [-0.1, -0.05) is 20.8 Å². The van der Waals surface area contributed by atoms with Gasteiger partial charge in [0.1, 0.15) is 0 Å². The summed E-state index contributed by atoms with van der Waals surface area (Å²) < 4.78 is 0. The number of nitrogens with one attached hydrogen (secondary N) is 1. The molecular weight excluding hydrogens is 196 g/mol. The molecule has 0 fully saturated rings.